The zero-order valence-corrected chi connectivity index (χ0v) is 7.91. The minimum Gasteiger partial charge on any atom is -0.462 e. The summed E-state index contributed by atoms with van der Waals surface area (Å²) in [6.07, 6.45) is 3.64. The van der Waals surface area contributed by atoms with Crippen molar-refractivity contribution in [1.82, 2.24) is 0 Å². The maximum absolute atomic E-state index is 10.6. The van der Waals surface area contributed by atoms with E-state index in [1.807, 2.05) is 0 Å². The molecule has 0 radical (unpaired) electrons. The Balaban J connectivity index is 3.31. The highest BCUT2D eigenvalue weighted by molar-refractivity contribution is 5.68. The molecule has 0 amide bonds. The zero-order valence-electron chi connectivity index (χ0n) is 7.91. The predicted molar refractivity (Wildman–Crippen MR) is 47.0 cm³/mol. The fourth-order valence-corrected chi connectivity index (χ4v) is 0.545. The third kappa shape index (κ3) is 8.59. The molecule has 0 atom stereocenters. The number of ether oxygens (including phenoxy) is 2. The van der Waals surface area contributed by atoms with E-state index in [2.05, 4.69) is 4.74 Å². The van der Waals surface area contributed by atoms with Gasteiger partial charge in [0.2, 0.25) is 0 Å². The molecule has 0 aromatic rings. The van der Waals surface area contributed by atoms with E-state index in [4.69, 9.17) is 4.74 Å². The zero-order chi connectivity index (χ0) is 10.1. The number of carbonyl (C=O) groups excluding carboxylic acids is 2. The molecule has 0 aliphatic carbocycles. The van der Waals surface area contributed by atoms with Gasteiger partial charge in [-0.2, -0.15) is 0 Å². The average Bonchev–Trinajstić information content (AvgIpc) is 2.10. The van der Waals surface area contributed by atoms with Crippen LogP contribution in [0.2, 0.25) is 0 Å². The first-order valence-electron chi connectivity index (χ1n) is 4.10. The number of rotatable bonds is 5. The fraction of sp³-hybridized carbons (Fsp3) is 0.556. The second-order valence-electron chi connectivity index (χ2n) is 2.31. The van der Waals surface area contributed by atoms with Crippen molar-refractivity contribution in [2.75, 3.05) is 13.2 Å². The lowest BCUT2D eigenvalue weighted by Crippen LogP contribution is -2.02. The number of hydrogen-bond acceptors (Lipinski definition) is 4. The molecule has 0 unspecified atom stereocenters. The van der Waals surface area contributed by atoms with Crippen molar-refractivity contribution in [2.24, 2.45) is 0 Å². The topological polar surface area (TPSA) is 52.6 Å². The molecule has 0 saturated heterocycles. The first-order chi connectivity index (χ1) is 6.16. The van der Waals surface area contributed by atoms with Crippen LogP contribution in [0, 0.1) is 0 Å². The Hall–Kier alpha value is -1.32. The quantitative estimate of drug-likeness (QED) is 0.476. The first-order valence-corrected chi connectivity index (χ1v) is 4.10. The van der Waals surface area contributed by atoms with Gasteiger partial charge in [-0.1, -0.05) is 6.92 Å². The molecule has 13 heavy (non-hydrogen) atoms. The molecule has 0 aliphatic heterocycles. The van der Waals surface area contributed by atoms with Crippen LogP contribution >= 0.6 is 0 Å². The second kappa shape index (κ2) is 7.34. The number of hydrogen-bond donors (Lipinski definition) is 0. The van der Waals surface area contributed by atoms with Gasteiger partial charge in [0.25, 0.3) is 0 Å². The van der Waals surface area contributed by atoms with Gasteiger partial charge in [0, 0.05) is 13.3 Å². The highest BCUT2D eigenvalue weighted by Crippen LogP contribution is 1.85. The van der Waals surface area contributed by atoms with Crippen LogP contribution in [0.5, 0.6) is 0 Å². The molecule has 0 aromatic carbocycles. The minimum atomic E-state index is -0.324. The third-order valence-corrected chi connectivity index (χ3v) is 1.18. The molecule has 0 N–H and O–H groups in total. The Bertz CT molecular complexity index is 196. The summed E-state index contributed by atoms with van der Waals surface area (Å²) in [6.45, 7) is 3.52. The maximum Gasteiger partial charge on any atom is 0.305 e. The second-order valence-corrected chi connectivity index (χ2v) is 2.31. The van der Waals surface area contributed by atoms with E-state index in [-0.39, 0.29) is 25.2 Å². The van der Waals surface area contributed by atoms with Crippen molar-refractivity contribution in [2.45, 2.75) is 20.3 Å². The first kappa shape index (κ1) is 11.7. The molecule has 0 aliphatic rings. The van der Waals surface area contributed by atoms with Crippen molar-refractivity contribution in [3.8, 4) is 0 Å². The Morgan fingerprint density at radius 3 is 2.15 bits per heavy atom. The molecule has 0 saturated carbocycles. The molecule has 0 bridgehead atoms. The molecule has 4 heteroatoms. The molecule has 0 spiro atoms. The molecular weight excluding hydrogens is 172 g/mol. The van der Waals surface area contributed by atoms with Crippen LogP contribution in [0.1, 0.15) is 20.3 Å². The van der Waals surface area contributed by atoms with Gasteiger partial charge in [0.15, 0.2) is 0 Å². The standard InChI is InChI=1S/C9H14O4/c1-3-9(11)13-7-5-4-6-12-8(2)10/h4-5H,3,6-7H2,1-2H3/b5-4-. The van der Waals surface area contributed by atoms with E-state index in [0.717, 1.165) is 0 Å². The van der Waals surface area contributed by atoms with Crippen molar-refractivity contribution < 1.29 is 19.1 Å². The molecule has 4 nitrogen and oxygen atoms in total. The Morgan fingerprint density at radius 1 is 1.15 bits per heavy atom. The van der Waals surface area contributed by atoms with Crippen LogP contribution < -0.4 is 0 Å². The van der Waals surface area contributed by atoms with Gasteiger partial charge in [0.05, 0.1) is 0 Å². The van der Waals surface area contributed by atoms with E-state index in [9.17, 15) is 9.59 Å². The predicted octanol–water partition coefficient (Wildman–Crippen LogP) is 1.06. The largest absolute Gasteiger partial charge is 0.462 e. The Kier molecular flexibility index (Phi) is 6.59. The highest BCUT2D eigenvalue weighted by Gasteiger charge is 1.93. The van der Waals surface area contributed by atoms with Gasteiger partial charge >= 0.3 is 11.9 Å². The SMILES string of the molecule is CCC(=O)OC/C=C\COC(C)=O. The van der Waals surface area contributed by atoms with Crippen molar-refractivity contribution in [3.63, 3.8) is 0 Å². The van der Waals surface area contributed by atoms with E-state index in [0.29, 0.717) is 6.42 Å². The van der Waals surface area contributed by atoms with E-state index >= 15 is 0 Å². The van der Waals surface area contributed by atoms with Crippen LogP contribution in [-0.4, -0.2) is 25.2 Å². The summed E-state index contributed by atoms with van der Waals surface area (Å²) in [5, 5.41) is 0. The van der Waals surface area contributed by atoms with E-state index < -0.39 is 0 Å². The normalized spacial score (nSPS) is 10.0. The van der Waals surface area contributed by atoms with Gasteiger partial charge in [-0.25, -0.2) is 0 Å². The van der Waals surface area contributed by atoms with Crippen LogP contribution in [0.25, 0.3) is 0 Å². The summed E-state index contributed by atoms with van der Waals surface area (Å²) in [5.41, 5.74) is 0. The molecular formula is C9H14O4. The van der Waals surface area contributed by atoms with E-state index in [1.54, 1.807) is 19.1 Å². The third-order valence-electron chi connectivity index (χ3n) is 1.18. The van der Waals surface area contributed by atoms with Crippen LogP contribution in [0.4, 0.5) is 0 Å². The van der Waals surface area contributed by atoms with Gasteiger partial charge in [-0.3, -0.25) is 9.59 Å². The summed E-state index contributed by atoms with van der Waals surface area (Å²) in [5.74, 6) is -0.563. The molecule has 74 valence electrons. The van der Waals surface area contributed by atoms with Crippen molar-refractivity contribution in [3.05, 3.63) is 12.2 Å². The molecule has 0 aromatic heterocycles. The Labute approximate surface area is 77.5 Å². The molecule has 0 rings (SSSR count). The van der Waals surface area contributed by atoms with Crippen LogP contribution in [-0.2, 0) is 19.1 Å². The monoisotopic (exact) mass is 186 g/mol. The lowest BCUT2D eigenvalue weighted by atomic mass is 10.5. The van der Waals surface area contributed by atoms with Crippen molar-refractivity contribution >= 4 is 11.9 Å². The summed E-state index contributed by atoms with van der Waals surface area (Å²) >= 11 is 0. The van der Waals surface area contributed by atoms with Gasteiger partial charge in [0.1, 0.15) is 13.2 Å². The summed E-state index contributed by atoms with van der Waals surface area (Å²) in [7, 11) is 0. The van der Waals surface area contributed by atoms with Gasteiger partial charge in [-0.05, 0) is 12.2 Å². The Morgan fingerprint density at radius 2 is 1.69 bits per heavy atom. The summed E-state index contributed by atoms with van der Waals surface area (Å²) in [4.78, 5) is 20.9. The molecule has 0 fully saturated rings. The van der Waals surface area contributed by atoms with Crippen LogP contribution in [0.3, 0.4) is 0 Å². The number of carbonyl (C=O) groups is 2. The average molecular weight is 186 g/mol. The maximum atomic E-state index is 10.6. The lowest BCUT2D eigenvalue weighted by molar-refractivity contribution is -0.142. The summed E-state index contributed by atoms with van der Waals surface area (Å²) < 4.78 is 9.34. The molecule has 0 heterocycles. The van der Waals surface area contributed by atoms with Crippen molar-refractivity contribution in [1.29, 1.82) is 0 Å². The van der Waals surface area contributed by atoms with E-state index in [1.165, 1.54) is 6.92 Å². The van der Waals surface area contributed by atoms with Gasteiger partial charge in [-0.15, -0.1) is 0 Å². The fourth-order valence-electron chi connectivity index (χ4n) is 0.545. The minimum absolute atomic E-state index is 0.221. The number of esters is 2. The lowest BCUT2D eigenvalue weighted by Gasteiger charge is -1.97. The highest BCUT2D eigenvalue weighted by atomic mass is 16.5. The van der Waals surface area contributed by atoms with Crippen LogP contribution in [0.15, 0.2) is 12.2 Å². The smallest absolute Gasteiger partial charge is 0.305 e. The van der Waals surface area contributed by atoms with Gasteiger partial charge < -0.3 is 9.47 Å². The summed E-state index contributed by atoms with van der Waals surface area (Å²) in [6, 6.07) is 0.